The van der Waals surface area contributed by atoms with Crippen LogP contribution in [0.2, 0.25) is 0 Å². The Morgan fingerprint density at radius 3 is 2.16 bits per heavy atom. The molecule has 0 saturated carbocycles. The molecular formula is C24H25N5O2. The number of pyridine rings is 1. The van der Waals surface area contributed by atoms with E-state index in [2.05, 4.69) is 20.5 Å². The van der Waals surface area contributed by atoms with Gasteiger partial charge in [-0.3, -0.25) is 4.79 Å². The highest BCUT2D eigenvalue weighted by Gasteiger charge is 2.20. The van der Waals surface area contributed by atoms with Crippen LogP contribution in [0.3, 0.4) is 0 Å². The molecule has 7 heteroatoms. The van der Waals surface area contributed by atoms with Gasteiger partial charge in [-0.25, -0.2) is 9.78 Å². The maximum absolute atomic E-state index is 12.7. The van der Waals surface area contributed by atoms with E-state index in [0.29, 0.717) is 18.8 Å². The van der Waals surface area contributed by atoms with E-state index in [0.717, 1.165) is 36.6 Å². The van der Waals surface area contributed by atoms with Gasteiger partial charge in [0.05, 0.1) is 11.9 Å². The number of hydrogen-bond donors (Lipinski definition) is 2. The first-order chi connectivity index (χ1) is 15.2. The van der Waals surface area contributed by atoms with Crippen LogP contribution in [0.4, 0.5) is 22.0 Å². The minimum Gasteiger partial charge on any atom is -0.355 e. The predicted octanol–water partition coefficient (Wildman–Crippen LogP) is 4.08. The van der Waals surface area contributed by atoms with Gasteiger partial charge in [0, 0.05) is 37.4 Å². The lowest BCUT2D eigenvalue weighted by atomic mass is 10.2. The van der Waals surface area contributed by atoms with Crippen molar-refractivity contribution in [2.75, 3.05) is 41.7 Å². The number of amides is 3. The molecule has 0 unspecified atom stereocenters. The Morgan fingerprint density at radius 2 is 1.45 bits per heavy atom. The molecule has 0 atom stereocenters. The lowest BCUT2D eigenvalue weighted by Crippen LogP contribution is -2.35. The van der Waals surface area contributed by atoms with Gasteiger partial charge in [-0.15, -0.1) is 0 Å². The number of hydrogen-bond acceptors (Lipinski definition) is 4. The Hall–Kier alpha value is -3.87. The van der Waals surface area contributed by atoms with Gasteiger partial charge in [0.2, 0.25) is 0 Å². The molecule has 1 aromatic heterocycles. The summed E-state index contributed by atoms with van der Waals surface area (Å²) < 4.78 is 0. The highest BCUT2D eigenvalue weighted by molar-refractivity contribution is 5.99. The minimum absolute atomic E-state index is 0.0689. The summed E-state index contributed by atoms with van der Waals surface area (Å²) in [5.74, 6) is 0.905. The molecule has 158 valence electrons. The molecule has 31 heavy (non-hydrogen) atoms. The Balaban J connectivity index is 1.32. The van der Waals surface area contributed by atoms with Crippen LogP contribution < -0.4 is 15.5 Å². The third-order valence-corrected chi connectivity index (χ3v) is 5.17. The first kappa shape index (κ1) is 20.4. The quantitative estimate of drug-likeness (QED) is 0.673. The van der Waals surface area contributed by atoms with Crippen LogP contribution in [0.25, 0.3) is 0 Å². The number of nitrogens with zero attached hydrogens (tertiary/aromatic N) is 3. The zero-order valence-electron chi connectivity index (χ0n) is 17.2. The van der Waals surface area contributed by atoms with Crippen LogP contribution in [-0.2, 0) is 0 Å². The predicted molar refractivity (Wildman–Crippen MR) is 122 cm³/mol. The summed E-state index contributed by atoms with van der Waals surface area (Å²) >= 11 is 0. The second kappa shape index (κ2) is 9.75. The summed E-state index contributed by atoms with van der Waals surface area (Å²) in [6.07, 6.45) is 2.53. The molecule has 2 N–H and O–H groups in total. The molecule has 4 rings (SSSR count). The first-order valence-electron chi connectivity index (χ1n) is 10.4. The van der Waals surface area contributed by atoms with Gasteiger partial charge < -0.3 is 20.4 Å². The molecule has 1 fully saturated rings. The molecule has 0 spiro atoms. The summed E-state index contributed by atoms with van der Waals surface area (Å²) in [5.41, 5.74) is 2.06. The van der Waals surface area contributed by atoms with Gasteiger partial charge >= 0.3 is 6.03 Å². The van der Waals surface area contributed by atoms with Crippen LogP contribution >= 0.6 is 0 Å². The van der Waals surface area contributed by atoms with Crippen molar-refractivity contribution in [2.24, 2.45) is 0 Å². The number of para-hydroxylation sites is 1. The maximum Gasteiger partial charge on any atom is 0.323 e. The number of anilines is 3. The van der Waals surface area contributed by atoms with Crippen LogP contribution in [0.1, 0.15) is 16.8 Å². The topological polar surface area (TPSA) is 77.6 Å². The second-order valence-electron chi connectivity index (χ2n) is 7.35. The van der Waals surface area contributed by atoms with Crippen molar-refractivity contribution < 1.29 is 9.59 Å². The Morgan fingerprint density at radius 1 is 0.742 bits per heavy atom. The van der Waals surface area contributed by atoms with E-state index in [-0.39, 0.29) is 11.9 Å². The third kappa shape index (κ3) is 5.39. The number of urea groups is 1. The lowest BCUT2D eigenvalue weighted by molar-refractivity contribution is 0.0767. The number of nitrogens with one attached hydrogen (secondary N) is 2. The van der Waals surface area contributed by atoms with Gasteiger partial charge in [0.15, 0.2) is 0 Å². The van der Waals surface area contributed by atoms with Gasteiger partial charge in [-0.1, -0.05) is 36.4 Å². The summed E-state index contributed by atoms with van der Waals surface area (Å²) in [6, 6.07) is 22.1. The normalized spacial score (nSPS) is 13.9. The van der Waals surface area contributed by atoms with Crippen molar-refractivity contribution in [1.29, 1.82) is 0 Å². The van der Waals surface area contributed by atoms with Gasteiger partial charge in [0.1, 0.15) is 5.82 Å². The molecule has 7 nitrogen and oxygen atoms in total. The van der Waals surface area contributed by atoms with Crippen molar-refractivity contribution >= 4 is 29.1 Å². The van der Waals surface area contributed by atoms with E-state index >= 15 is 0 Å². The minimum atomic E-state index is -0.314. The Labute approximate surface area is 181 Å². The smallest absolute Gasteiger partial charge is 0.323 e. The average molecular weight is 415 g/mol. The van der Waals surface area contributed by atoms with E-state index in [1.807, 2.05) is 77.7 Å². The van der Waals surface area contributed by atoms with Crippen molar-refractivity contribution in [2.45, 2.75) is 6.42 Å². The van der Waals surface area contributed by atoms with Crippen molar-refractivity contribution in [3.8, 4) is 0 Å². The molecule has 1 aliphatic heterocycles. The largest absolute Gasteiger partial charge is 0.355 e. The van der Waals surface area contributed by atoms with E-state index in [1.54, 1.807) is 6.20 Å². The zero-order valence-corrected chi connectivity index (χ0v) is 17.2. The Bertz CT molecular complexity index is 1010. The summed E-state index contributed by atoms with van der Waals surface area (Å²) in [4.78, 5) is 33.4. The number of carbonyl (C=O) groups is 2. The van der Waals surface area contributed by atoms with Crippen LogP contribution in [0.5, 0.6) is 0 Å². The zero-order chi connectivity index (χ0) is 21.5. The molecule has 3 aromatic rings. The fraction of sp³-hybridized carbons (Fsp3) is 0.208. The SMILES string of the molecule is O=C(Nc1ccccc1)Nc1ccc(N2CCCN(C(=O)c3ccccc3)CC2)nc1. The standard InChI is InChI=1S/C24H25N5O2/c30-23(19-8-3-1-4-9-19)29-15-7-14-28(16-17-29)22-13-12-21(18-25-22)27-24(31)26-20-10-5-2-6-11-20/h1-6,8-13,18H,7,14-17H2,(H2,26,27,31). The van der Waals surface area contributed by atoms with Gasteiger partial charge in [-0.2, -0.15) is 0 Å². The monoisotopic (exact) mass is 415 g/mol. The number of rotatable bonds is 4. The van der Waals surface area contributed by atoms with Gasteiger partial charge in [0.25, 0.3) is 5.91 Å². The van der Waals surface area contributed by atoms with Crippen LogP contribution in [-0.4, -0.2) is 48.0 Å². The summed E-state index contributed by atoms with van der Waals surface area (Å²) in [7, 11) is 0. The second-order valence-corrected chi connectivity index (χ2v) is 7.35. The van der Waals surface area contributed by atoms with E-state index in [1.165, 1.54) is 0 Å². The lowest BCUT2D eigenvalue weighted by Gasteiger charge is -2.23. The number of benzene rings is 2. The number of aromatic nitrogens is 1. The van der Waals surface area contributed by atoms with Gasteiger partial charge in [-0.05, 0) is 42.8 Å². The summed E-state index contributed by atoms with van der Waals surface area (Å²) in [6.45, 7) is 2.91. The molecule has 2 heterocycles. The molecule has 1 aliphatic rings. The molecule has 1 saturated heterocycles. The molecule has 0 radical (unpaired) electrons. The van der Waals surface area contributed by atoms with Crippen molar-refractivity contribution in [3.05, 3.63) is 84.6 Å². The highest BCUT2D eigenvalue weighted by atomic mass is 16.2. The molecule has 3 amide bonds. The molecule has 2 aromatic carbocycles. The third-order valence-electron chi connectivity index (χ3n) is 5.17. The fourth-order valence-electron chi connectivity index (χ4n) is 3.57. The van der Waals surface area contributed by atoms with E-state index in [9.17, 15) is 9.59 Å². The van der Waals surface area contributed by atoms with Crippen molar-refractivity contribution in [3.63, 3.8) is 0 Å². The maximum atomic E-state index is 12.7. The van der Waals surface area contributed by atoms with Crippen LogP contribution in [0.15, 0.2) is 79.0 Å². The molecular weight excluding hydrogens is 390 g/mol. The van der Waals surface area contributed by atoms with Crippen LogP contribution in [0, 0.1) is 0 Å². The Kier molecular flexibility index (Phi) is 6.42. The molecule has 0 bridgehead atoms. The van der Waals surface area contributed by atoms with Crippen molar-refractivity contribution in [1.82, 2.24) is 9.88 Å². The summed E-state index contributed by atoms with van der Waals surface area (Å²) in [5, 5.41) is 5.57. The van der Waals surface area contributed by atoms with E-state index < -0.39 is 0 Å². The first-order valence-corrected chi connectivity index (χ1v) is 10.4. The molecule has 0 aliphatic carbocycles. The average Bonchev–Trinajstić information content (AvgIpc) is 3.07. The number of carbonyl (C=O) groups excluding carboxylic acids is 2. The fourth-order valence-corrected chi connectivity index (χ4v) is 3.57. The van der Waals surface area contributed by atoms with E-state index in [4.69, 9.17) is 0 Å². The highest BCUT2D eigenvalue weighted by Crippen LogP contribution is 2.18.